The normalized spacial score (nSPS) is 20.6. The molecule has 7 atom stereocenters. The van der Waals surface area contributed by atoms with Gasteiger partial charge in [0.25, 0.3) is 0 Å². The van der Waals surface area contributed by atoms with Crippen LogP contribution >= 0.6 is 0 Å². The average Bonchev–Trinajstić information content (AvgIpc) is 3.23. The van der Waals surface area contributed by atoms with E-state index in [1.807, 2.05) is 0 Å². The summed E-state index contributed by atoms with van der Waals surface area (Å²) < 4.78 is 11.3. The van der Waals surface area contributed by atoms with Crippen molar-refractivity contribution in [1.29, 1.82) is 0 Å². The van der Waals surface area contributed by atoms with Crippen molar-refractivity contribution in [3.05, 3.63) is 0 Å². The van der Waals surface area contributed by atoms with Crippen LogP contribution in [0.5, 0.6) is 0 Å². The number of rotatable bonds is 44. The largest absolute Gasteiger partial charge is 0.394 e. The van der Waals surface area contributed by atoms with Gasteiger partial charge in [-0.15, -0.1) is 0 Å². The molecule has 0 spiro atoms. The molecule has 0 aliphatic carbocycles. The van der Waals surface area contributed by atoms with Gasteiger partial charge in [0.2, 0.25) is 5.91 Å². The first-order chi connectivity index (χ1) is 28.8. The third kappa shape index (κ3) is 31.6. The lowest BCUT2D eigenvalue weighted by atomic mass is 9.99. The highest BCUT2D eigenvalue weighted by molar-refractivity contribution is 5.76. The van der Waals surface area contributed by atoms with E-state index < -0.39 is 49.5 Å². The lowest BCUT2D eigenvalue weighted by Crippen LogP contribution is -2.60. The summed E-state index contributed by atoms with van der Waals surface area (Å²) in [6.45, 7) is 3.87. The van der Waals surface area contributed by atoms with Crippen molar-refractivity contribution >= 4 is 5.91 Å². The van der Waals surface area contributed by atoms with Crippen LogP contribution in [0.1, 0.15) is 258 Å². The minimum atomic E-state index is -1.55. The fourth-order valence-corrected chi connectivity index (χ4v) is 8.58. The van der Waals surface area contributed by atoms with Gasteiger partial charge in [-0.2, -0.15) is 0 Å². The van der Waals surface area contributed by atoms with Gasteiger partial charge >= 0.3 is 0 Å². The number of aliphatic hydroxyl groups is 5. The molecule has 0 radical (unpaired) electrons. The first-order valence-electron chi connectivity index (χ1n) is 25.7. The molecule has 7 unspecified atom stereocenters. The standard InChI is InChI=1S/C50H99NO8/c1-3-5-7-9-11-13-15-17-19-21-22-23-24-25-27-29-31-33-35-37-39-44(53)43(42-58-50-49(57)48(56)47(55)45(41-52)59-50)51-46(54)40-38-36-34-32-30-28-26-20-18-16-14-12-10-8-6-4-2/h43-45,47-50,52-53,55-57H,3-42H2,1-2H3,(H,51,54). The minimum absolute atomic E-state index is 0.131. The third-order valence-corrected chi connectivity index (χ3v) is 12.7. The van der Waals surface area contributed by atoms with Crippen LogP contribution in [-0.4, -0.2) is 87.5 Å². The average molecular weight is 842 g/mol. The van der Waals surface area contributed by atoms with Crippen LogP contribution in [0.4, 0.5) is 0 Å². The minimum Gasteiger partial charge on any atom is -0.394 e. The Labute approximate surface area is 364 Å². The lowest BCUT2D eigenvalue weighted by molar-refractivity contribution is -0.302. The van der Waals surface area contributed by atoms with E-state index in [0.717, 1.165) is 38.5 Å². The zero-order valence-corrected chi connectivity index (χ0v) is 38.8. The molecule has 0 aromatic rings. The van der Waals surface area contributed by atoms with E-state index in [9.17, 15) is 30.3 Å². The van der Waals surface area contributed by atoms with Gasteiger partial charge in [-0.05, 0) is 12.8 Å². The highest BCUT2D eigenvalue weighted by Gasteiger charge is 2.44. The topological polar surface area (TPSA) is 149 Å². The number of ether oxygens (including phenoxy) is 2. The first-order valence-corrected chi connectivity index (χ1v) is 25.7. The van der Waals surface area contributed by atoms with Crippen molar-refractivity contribution < 1.29 is 39.8 Å². The molecule has 9 heteroatoms. The summed E-state index contributed by atoms with van der Waals surface area (Å²) in [6, 6.07) is -0.712. The number of hydrogen-bond acceptors (Lipinski definition) is 8. The predicted octanol–water partition coefficient (Wildman–Crippen LogP) is 11.5. The molecule has 1 fully saturated rings. The van der Waals surface area contributed by atoms with Crippen LogP contribution in [0.15, 0.2) is 0 Å². The van der Waals surface area contributed by atoms with E-state index in [-0.39, 0.29) is 12.5 Å². The van der Waals surface area contributed by atoms with Gasteiger partial charge in [-0.3, -0.25) is 4.79 Å². The Kier molecular flexibility index (Phi) is 39.3. The quantitative estimate of drug-likeness (QED) is 0.0332. The smallest absolute Gasteiger partial charge is 0.220 e. The van der Waals surface area contributed by atoms with Crippen molar-refractivity contribution in [1.82, 2.24) is 5.32 Å². The van der Waals surface area contributed by atoms with Gasteiger partial charge in [-0.25, -0.2) is 0 Å². The molecule has 1 saturated heterocycles. The first kappa shape index (κ1) is 56.2. The predicted molar refractivity (Wildman–Crippen MR) is 244 cm³/mol. The van der Waals surface area contributed by atoms with Gasteiger partial charge in [0.15, 0.2) is 6.29 Å². The van der Waals surface area contributed by atoms with Crippen LogP contribution in [-0.2, 0) is 14.3 Å². The van der Waals surface area contributed by atoms with Crippen molar-refractivity contribution in [2.75, 3.05) is 13.2 Å². The molecule has 1 heterocycles. The molecule has 1 aliphatic rings. The Morgan fingerprint density at radius 3 is 1.20 bits per heavy atom. The fraction of sp³-hybridized carbons (Fsp3) is 0.980. The summed E-state index contributed by atoms with van der Waals surface area (Å²) in [5.74, 6) is -0.139. The van der Waals surface area contributed by atoms with Crippen molar-refractivity contribution in [2.45, 2.75) is 301 Å². The molecule has 6 N–H and O–H groups in total. The van der Waals surface area contributed by atoms with Crippen LogP contribution in [0.25, 0.3) is 0 Å². The van der Waals surface area contributed by atoms with Crippen LogP contribution in [0.2, 0.25) is 0 Å². The zero-order chi connectivity index (χ0) is 43.0. The SMILES string of the molecule is CCCCCCCCCCCCCCCCCCCCCCC(O)C(COC1OC(CO)C(O)C(O)C1O)NC(=O)CCCCCCCCCCCCCCCCCC. The summed E-state index contributed by atoms with van der Waals surface area (Å²) in [4.78, 5) is 13.0. The van der Waals surface area contributed by atoms with Gasteiger partial charge in [0, 0.05) is 6.42 Å². The molecule has 1 amide bonds. The molecule has 1 aliphatic heterocycles. The highest BCUT2D eigenvalue weighted by atomic mass is 16.7. The number of unbranched alkanes of at least 4 members (excludes halogenated alkanes) is 34. The van der Waals surface area contributed by atoms with Crippen LogP contribution in [0, 0.1) is 0 Å². The maximum Gasteiger partial charge on any atom is 0.220 e. The Bertz CT molecular complexity index is 893. The molecule has 0 aromatic carbocycles. The second-order valence-corrected chi connectivity index (χ2v) is 18.3. The van der Waals surface area contributed by atoms with Crippen LogP contribution in [0.3, 0.4) is 0 Å². The van der Waals surface area contributed by atoms with Gasteiger partial charge < -0.3 is 40.3 Å². The van der Waals surface area contributed by atoms with Crippen molar-refractivity contribution in [3.8, 4) is 0 Å². The van der Waals surface area contributed by atoms with Crippen molar-refractivity contribution in [3.63, 3.8) is 0 Å². The number of amides is 1. The molecule has 0 aromatic heterocycles. The second kappa shape index (κ2) is 41.2. The lowest BCUT2D eigenvalue weighted by Gasteiger charge is -2.40. The molecule has 0 saturated carbocycles. The highest BCUT2D eigenvalue weighted by Crippen LogP contribution is 2.23. The Balaban J connectivity index is 2.25. The maximum absolute atomic E-state index is 13.0. The molecular formula is C50H99NO8. The van der Waals surface area contributed by atoms with E-state index >= 15 is 0 Å². The Morgan fingerprint density at radius 2 is 0.847 bits per heavy atom. The van der Waals surface area contributed by atoms with E-state index in [2.05, 4.69) is 19.2 Å². The van der Waals surface area contributed by atoms with Crippen LogP contribution < -0.4 is 5.32 Å². The van der Waals surface area contributed by atoms with E-state index in [1.54, 1.807) is 0 Å². The molecular weight excluding hydrogens is 743 g/mol. The van der Waals surface area contributed by atoms with Crippen molar-refractivity contribution in [2.24, 2.45) is 0 Å². The van der Waals surface area contributed by atoms with E-state index in [1.165, 1.54) is 193 Å². The Hall–Kier alpha value is -0.810. The molecule has 0 bridgehead atoms. The third-order valence-electron chi connectivity index (χ3n) is 12.7. The summed E-state index contributed by atoms with van der Waals surface area (Å²) in [6.07, 6.45) is 39.7. The van der Waals surface area contributed by atoms with E-state index in [4.69, 9.17) is 9.47 Å². The van der Waals surface area contributed by atoms with Gasteiger partial charge in [0.1, 0.15) is 24.4 Å². The van der Waals surface area contributed by atoms with Gasteiger partial charge in [0.05, 0.1) is 25.4 Å². The monoisotopic (exact) mass is 842 g/mol. The number of carbonyl (C=O) groups excluding carboxylic acids is 1. The molecule has 59 heavy (non-hydrogen) atoms. The molecule has 9 nitrogen and oxygen atoms in total. The summed E-state index contributed by atoms with van der Waals surface area (Å²) in [5.41, 5.74) is 0. The van der Waals surface area contributed by atoms with E-state index in [0.29, 0.717) is 12.8 Å². The summed E-state index contributed by atoms with van der Waals surface area (Å²) >= 11 is 0. The summed E-state index contributed by atoms with van der Waals surface area (Å²) in [7, 11) is 0. The second-order valence-electron chi connectivity index (χ2n) is 18.3. The number of hydrogen-bond donors (Lipinski definition) is 6. The molecule has 352 valence electrons. The number of nitrogens with one attached hydrogen (secondary N) is 1. The zero-order valence-electron chi connectivity index (χ0n) is 38.8. The maximum atomic E-state index is 13.0. The van der Waals surface area contributed by atoms with Gasteiger partial charge in [-0.1, -0.05) is 239 Å². The number of aliphatic hydroxyl groups excluding tert-OH is 5. The fourth-order valence-electron chi connectivity index (χ4n) is 8.58. The Morgan fingerprint density at radius 1 is 0.508 bits per heavy atom. The number of carbonyl (C=O) groups is 1. The molecule has 1 rings (SSSR count). The summed E-state index contributed by atoms with van der Waals surface area (Å²) in [5, 5.41) is 54.5.